The monoisotopic (exact) mass is 1120 g/mol. The molecule has 8 nitrogen and oxygen atoms in total. The predicted molar refractivity (Wildman–Crippen MR) is 339 cm³/mol. The molecule has 9 heteroatoms. The maximum absolute atomic E-state index is 13.0. The van der Waals surface area contributed by atoms with Gasteiger partial charge in [-0.3, -0.25) is 9.36 Å². The highest BCUT2D eigenvalue weighted by Crippen LogP contribution is 2.38. The third-order valence-electron chi connectivity index (χ3n) is 16.2. The number of allylic oxidation sites excluding steroid dienone is 3. The van der Waals surface area contributed by atoms with Crippen molar-refractivity contribution >= 4 is 13.7 Å². The van der Waals surface area contributed by atoms with E-state index in [0.717, 1.165) is 38.5 Å². The SMILES string of the molecule is CCCCCCCCCCCCCCCCCCCC/C=C/CC/C=C/C(O)C(COP(=O)([O-])OCC[N+](C)(C)C)NC(=O)CCCCCCCCCCCCCCCCCCCCCCCCCCCCCCCCCC. The molecule has 1 amide bonds. The van der Waals surface area contributed by atoms with E-state index in [-0.39, 0.29) is 19.1 Å². The lowest BCUT2D eigenvalue weighted by Crippen LogP contribution is -2.45. The molecule has 0 radical (unpaired) electrons. The molecule has 0 aliphatic carbocycles. The average molecular weight is 1120 g/mol. The molecule has 0 saturated carbocycles. The Bertz CT molecular complexity index is 1320. The van der Waals surface area contributed by atoms with Gasteiger partial charge >= 0.3 is 0 Å². The van der Waals surface area contributed by atoms with Gasteiger partial charge in [0.1, 0.15) is 13.2 Å². The van der Waals surface area contributed by atoms with Crippen LogP contribution in [0.5, 0.6) is 0 Å². The van der Waals surface area contributed by atoms with Gasteiger partial charge in [0.15, 0.2) is 0 Å². The van der Waals surface area contributed by atoms with Crippen LogP contribution in [0.3, 0.4) is 0 Å². The van der Waals surface area contributed by atoms with Gasteiger partial charge in [0.2, 0.25) is 5.91 Å². The first kappa shape index (κ1) is 77.0. The number of carbonyl (C=O) groups is 1. The van der Waals surface area contributed by atoms with Crippen molar-refractivity contribution in [2.24, 2.45) is 0 Å². The fourth-order valence-electron chi connectivity index (χ4n) is 10.8. The molecule has 0 aliphatic rings. The Labute approximate surface area is 487 Å². The second-order valence-electron chi connectivity index (χ2n) is 25.2. The molecule has 78 heavy (non-hydrogen) atoms. The van der Waals surface area contributed by atoms with Crippen LogP contribution in [0, 0.1) is 0 Å². The number of carbonyl (C=O) groups excluding carboxylic acids is 1. The number of phosphoric ester groups is 1. The summed E-state index contributed by atoms with van der Waals surface area (Å²) in [5.74, 6) is -0.198. The average Bonchev–Trinajstić information content (AvgIpc) is 3.41. The molecule has 2 N–H and O–H groups in total. The molecule has 464 valence electrons. The minimum Gasteiger partial charge on any atom is -0.756 e. The van der Waals surface area contributed by atoms with E-state index in [4.69, 9.17) is 9.05 Å². The van der Waals surface area contributed by atoms with E-state index < -0.39 is 20.0 Å². The molecule has 3 unspecified atom stereocenters. The van der Waals surface area contributed by atoms with Gasteiger partial charge in [0.05, 0.1) is 39.9 Å². The highest BCUT2D eigenvalue weighted by molar-refractivity contribution is 7.45. The number of quaternary nitrogens is 1. The number of phosphoric acid groups is 1. The Morgan fingerprint density at radius 3 is 1.04 bits per heavy atom. The van der Waals surface area contributed by atoms with E-state index >= 15 is 0 Å². The van der Waals surface area contributed by atoms with E-state index in [1.807, 2.05) is 27.2 Å². The van der Waals surface area contributed by atoms with Gasteiger partial charge in [0.25, 0.3) is 7.82 Å². The van der Waals surface area contributed by atoms with Crippen LogP contribution in [0.4, 0.5) is 0 Å². The number of rotatable bonds is 65. The predicted octanol–water partition coefficient (Wildman–Crippen LogP) is 21.3. The summed E-state index contributed by atoms with van der Waals surface area (Å²) >= 11 is 0. The van der Waals surface area contributed by atoms with E-state index in [9.17, 15) is 19.4 Å². The molecule has 0 fully saturated rings. The summed E-state index contributed by atoms with van der Waals surface area (Å²) in [4.78, 5) is 25.6. The lowest BCUT2D eigenvalue weighted by Gasteiger charge is -2.29. The van der Waals surface area contributed by atoms with Crippen LogP contribution in [0.25, 0.3) is 0 Å². The summed E-state index contributed by atoms with van der Waals surface area (Å²) in [6.07, 6.45) is 78.8. The van der Waals surface area contributed by atoms with Crippen molar-refractivity contribution in [1.82, 2.24) is 5.32 Å². The van der Waals surface area contributed by atoms with Crippen molar-refractivity contribution in [3.63, 3.8) is 0 Å². The number of hydrogen-bond acceptors (Lipinski definition) is 6. The Balaban J connectivity index is 4.05. The molecular weight excluding hydrogens is 984 g/mol. The van der Waals surface area contributed by atoms with Crippen LogP contribution in [-0.4, -0.2) is 68.5 Å². The molecular formula is C69H137N2O6P. The molecule has 0 spiro atoms. The minimum absolute atomic E-state index is 0.00344. The summed E-state index contributed by atoms with van der Waals surface area (Å²) in [6, 6.07) is -0.901. The number of unbranched alkanes of at least 4 members (excludes halogenated alkanes) is 50. The number of nitrogens with zero attached hydrogens (tertiary/aromatic N) is 1. The number of likely N-dealkylation sites (N-methyl/N-ethyl adjacent to an activating group) is 1. The molecule has 0 saturated heterocycles. The zero-order valence-electron chi connectivity index (χ0n) is 53.2. The van der Waals surface area contributed by atoms with Crippen molar-refractivity contribution in [3.8, 4) is 0 Å². The Kier molecular flexibility index (Phi) is 59.8. The highest BCUT2D eigenvalue weighted by Gasteiger charge is 2.23. The molecule has 3 atom stereocenters. The van der Waals surface area contributed by atoms with Crippen LogP contribution in [0.2, 0.25) is 0 Å². The maximum Gasteiger partial charge on any atom is 0.268 e. The van der Waals surface area contributed by atoms with Gasteiger partial charge in [0, 0.05) is 6.42 Å². The summed E-state index contributed by atoms with van der Waals surface area (Å²) in [7, 11) is 1.26. The van der Waals surface area contributed by atoms with Crippen LogP contribution < -0.4 is 10.2 Å². The summed E-state index contributed by atoms with van der Waals surface area (Å²) < 4.78 is 23.4. The second-order valence-corrected chi connectivity index (χ2v) is 26.7. The van der Waals surface area contributed by atoms with Crippen molar-refractivity contribution in [1.29, 1.82) is 0 Å². The Hall–Kier alpha value is -1.02. The molecule has 0 bridgehead atoms. The van der Waals surface area contributed by atoms with E-state index in [2.05, 4.69) is 31.3 Å². The van der Waals surface area contributed by atoms with Gasteiger partial charge in [-0.15, -0.1) is 0 Å². The molecule has 0 aromatic rings. The molecule has 0 aromatic carbocycles. The van der Waals surface area contributed by atoms with Crippen LogP contribution in [0.1, 0.15) is 361 Å². The molecule has 0 aromatic heterocycles. The van der Waals surface area contributed by atoms with Crippen molar-refractivity contribution in [3.05, 3.63) is 24.3 Å². The highest BCUT2D eigenvalue weighted by atomic mass is 31.2. The molecule has 0 rings (SSSR count). The third-order valence-corrected chi connectivity index (χ3v) is 17.1. The second kappa shape index (κ2) is 60.6. The van der Waals surface area contributed by atoms with Gasteiger partial charge < -0.3 is 28.8 Å². The lowest BCUT2D eigenvalue weighted by molar-refractivity contribution is -0.870. The van der Waals surface area contributed by atoms with Crippen LogP contribution in [-0.2, 0) is 18.4 Å². The number of amides is 1. The van der Waals surface area contributed by atoms with E-state index in [1.54, 1.807) is 6.08 Å². The third kappa shape index (κ3) is 62.6. The normalized spacial score (nSPS) is 13.8. The van der Waals surface area contributed by atoms with E-state index in [0.29, 0.717) is 17.4 Å². The first-order valence-corrected chi connectivity index (χ1v) is 36.2. The van der Waals surface area contributed by atoms with Crippen molar-refractivity contribution in [2.75, 3.05) is 40.9 Å². The van der Waals surface area contributed by atoms with E-state index in [1.165, 1.54) is 302 Å². The Morgan fingerprint density at radius 2 is 0.718 bits per heavy atom. The fraction of sp³-hybridized carbons (Fsp3) is 0.928. The van der Waals surface area contributed by atoms with Gasteiger partial charge in [-0.05, 0) is 32.1 Å². The lowest BCUT2D eigenvalue weighted by atomic mass is 10.0. The number of nitrogens with one attached hydrogen (secondary N) is 1. The van der Waals surface area contributed by atoms with Gasteiger partial charge in [-0.2, -0.15) is 0 Å². The summed E-state index contributed by atoms with van der Waals surface area (Å²) in [5.41, 5.74) is 0. The molecule has 0 aliphatic heterocycles. The van der Waals surface area contributed by atoms with Crippen LogP contribution in [0.15, 0.2) is 24.3 Å². The first-order valence-electron chi connectivity index (χ1n) is 34.7. The topological polar surface area (TPSA) is 108 Å². The van der Waals surface area contributed by atoms with Gasteiger partial charge in [-0.25, -0.2) is 0 Å². The number of aliphatic hydroxyl groups excluding tert-OH is 1. The fourth-order valence-corrected chi connectivity index (χ4v) is 11.5. The summed E-state index contributed by atoms with van der Waals surface area (Å²) in [6.45, 7) is 4.69. The number of aliphatic hydroxyl groups is 1. The van der Waals surface area contributed by atoms with Gasteiger partial charge in [-0.1, -0.05) is 346 Å². The Morgan fingerprint density at radius 1 is 0.436 bits per heavy atom. The smallest absolute Gasteiger partial charge is 0.268 e. The van der Waals surface area contributed by atoms with Crippen molar-refractivity contribution < 1.29 is 32.9 Å². The maximum atomic E-state index is 13.0. The van der Waals surface area contributed by atoms with Crippen molar-refractivity contribution in [2.45, 2.75) is 373 Å². The van der Waals surface area contributed by atoms with Crippen LogP contribution >= 0.6 is 7.82 Å². The standard InChI is InChI=1S/C69H137N2O6P/c1-6-8-10-12-14-16-18-20-22-24-26-28-30-32-33-34-35-36-37-38-39-41-43-45-47-49-51-53-55-57-59-61-63-69(73)70-67(66-77-78(74,75)76-65-64-71(3,4)5)68(72)62-60-58-56-54-52-50-48-46-44-42-40-31-29-27-25-23-21-19-17-15-13-11-9-7-2/h52,54,60,62,67-68,72H,6-51,53,55-59,61,63-66H2,1-5H3,(H-,70,73,74,75)/b54-52+,62-60+. The zero-order valence-corrected chi connectivity index (χ0v) is 54.0. The largest absolute Gasteiger partial charge is 0.756 e. The minimum atomic E-state index is -4.61. The summed E-state index contributed by atoms with van der Waals surface area (Å²) in [5, 5.41) is 13.9. The first-order chi connectivity index (χ1) is 38.0. The zero-order chi connectivity index (χ0) is 57.0. The quantitative estimate of drug-likeness (QED) is 0.0272. The number of hydrogen-bond donors (Lipinski definition) is 2. The molecule has 0 heterocycles.